The Hall–Kier alpha value is -1.18. The van der Waals surface area contributed by atoms with Crippen LogP contribution >= 0.6 is 0 Å². The average molecular weight is 273 g/mol. The fourth-order valence-corrected chi connectivity index (χ4v) is 3.60. The van der Waals surface area contributed by atoms with Crippen LogP contribution in [0.4, 0.5) is 5.69 Å². The Bertz CT molecular complexity index is 453. The van der Waals surface area contributed by atoms with Crippen molar-refractivity contribution in [1.29, 1.82) is 0 Å². The molecular formula is C18H27NO. The van der Waals surface area contributed by atoms with Crippen LogP contribution in [0.3, 0.4) is 0 Å². The summed E-state index contributed by atoms with van der Waals surface area (Å²) < 4.78 is 5.78. The average Bonchev–Trinajstić information content (AvgIpc) is 3.27. The number of ether oxygens (including phenoxy) is 1. The summed E-state index contributed by atoms with van der Waals surface area (Å²) in [6.45, 7) is 4.90. The van der Waals surface area contributed by atoms with Crippen molar-refractivity contribution in [3.05, 3.63) is 23.8 Å². The van der Waals surface area contributed by atoms with Crippen LogP contribution in [-0.2, 0) is 0 Å². The predicted molar refractivity (Wildman–Crippen MR) is 84.4 cm³/mol. The predicted octanol–water partition coefficient (Wildman–Crippen LogP) is 4.77. The summed E-state index contributed by atoms with van der Waals surface area (Å²) >= 11 is 0. The standard InChI is InChI=1S/C18H27NO/c1-3-20-18-11-13(2)7-10-17(18)19-16-6-4-5-15(12-16)14-8-9-14/h7,10-11,14-16,19H,3-6,8-9,12H2,1-2H3. The lowest BCUT2D eigenvalue weighted by molar-refractivity contribution is 0.301. The van der Waals surface area contributed by atoms with Crippen molar-refractivity contribution in [2.45, 2.75) is 58.4 Å². The number of benzene rings is 1. The molecular weight excluding hydrogens is 246 g/mol. The van der Waals surface area contributed by atoms with Gasteiger partial charge in [-0.15, -0.1) is 0 Å². The zero-order valence-corrected chi connectivity index (χ0v) is 12.8. The van der Waals surface area contributed by atoms with Gasteiger partial charge in [-0.1, -0.05) is 18.9 Å². The molecule has 2 heteroatoms. The zero-order chi connectivity index (χ0) is 13.9. The molecule has 20 heavy (non-hydrogen) atoms. The molecule has 3 rings (SSSR count). The molecule has 2 fully saturated rings. The Morgan fingerprint density at radius 1 is 1.15 bits per heavy atom. The maximum absolute atomic E-state index is 5.78. The molecule has 2 aliphatic rings. The van der Waals surface area contributed by atoms with Crippen LogP contribution in [-0.4, -0.2) is 12.6 Å². The quantitative estimate of drug-likeness (QED) is 0.834. The van der Waals surface area contributed by atoms with E-state index < -0.39 is 0 Å². The smallest absolute Gasteiger partial charge is 0.142 e. The van der Waals surface area contributed by atoms with Crippen molar-refractivity contribution in [1.82, 2.24) is 0 Å². The minimum absolute atomic E-state index is 0.635. The van der Waals surface area contributed by atoms with Gasteiger partial charge in [-0.05, 0) is 69.1 Å². The highest BCUT2D eigenvalue weighted by Crippen LogP contribution is 2.44. The van der Waals surface area contributed by atoms with Crippen molar-refractivity contribution < 1.29 is 4.74 Å². The first kappa shape index (κ1) is 13.8. The van der Waals surface area contributed by atoms with Gasteiger partial charge in [0, 0.05) is 6.04 Å². The van der Waals surface area contributed by atoms with Gasteiger partial charge in [0.25, 0.3) is 0 Å². The van der Waals surface area contributed by atoms with E-state index in [2.05, 4.69) is 37.4 Å². The topological polar surface area (TPSA) is 21.3 Å². The molecule has 0 saturated heterocycles. The number of nitrogens with one attached hydrogen (secondary N) is 1. The molecule has 0 spiro atoms. The fraction of sp³-hybridized carbons (Fsp3) is 0.667. The molecule has 0 radical (unpaired) electrons. The molecule has 2 unspecified atom stereocenters. The molecule has 0 heterocycles. The van der Waals surface area contributed by atoms with Crippen molar-refractivity contribution in [2.24, 2.45) is 11.8 Å². The van der Waals surface area contributed by atoms with Gasteiger partial charge in [0.1, 0.15) is 5.75 Å². The molecule has 110 valence electrons. The van der Waals surface area contributed by atoms with Crippen LogP contribution in [0.2, 0.25) is 0 Å². The van der Waals surface area contributed by atoms with Gasteiger partial charge in [-0.25, -0.2) is 0 Å². The van der Waals surface area contributed by atoms with Gasteiger partial charge >= 0.3 is 0 Å². The summed E-state index contributed by atoms with van der Waals surface area (Å²) in [5.74, 6) is 3.03. The van der Waals surface area contributed by atoms with Gasteiger partial charge in [-0.2, -0.15) is 0 Å². The van der Waals surface area contributed by atoms with E-state index in [1.807, 2.05) is 0 Å². The van der Waals surface area contributed by atoms with Crippen molar-refractivity contribution in [2.75, 3.05) is 11.9 Å². The molecule has 0 aliphatic heterocycles. The summed E-state index contributed by atoms with van der Waals surface area (Å²) in [5.41, 5.74) is 2.44. The van der Waals surface area contributed by atoms with Gasteiger partial charge in [-0.3, -0.25) is 0 Å². The monoisotopic (exact) mass is 273 g/mol. The van der Waals surface area contributed by atoms with Gasteiger partial charge in [0.05, 0.1) is 12.3 Å². The van der Waals surface area contributed by atoms with Crippen molar-refractivity contribution in [3.8, 4) is 5.75 Å². The van der Waals surface area contributed by atoms with E-state index in [1.165, 1.54) is 49.8 Å². The van der Waals surface area contributed by atoms with Gasteiger partial charge in [0.2, 0.25) is 0 Å². The third-order valence-electron chi connectivity index (χ3n) is 4.80. The summed E-state index contributed by atoms with van der Waals surface area (Å²) in [5, 5.41) is 3.75. The number of hydrogen-bond acceptors (Lipinski definition) is 2. The summed E-state index contributed by atoms with van der Waals surface area (Å²) in [6.07, 6.45) is 8.45. The molecule has 1 aromatic carbocycles. The number of aryl methyl sites for hydroxylation is 1. The molecule has 1 aromatic rings. The molecule has 1 N–H and O–H groups in total. The fourth-order valence-electron chi connectivity index (χ4n) is 3.60. The summed E-state index contributed by atoms with van der Waals surface area (Å²) in [7, 11) is 0. The maximum Gasteiger partial charge on any atom is 0.142 e. The highest BCUT2D eigenvalue weighted by Gasteiger charge is 2.34. The van der Waals surface area contributed by atoms with Crippen LogP contribution in [0.15, 0.2) is 18.2 Å². The molecule has 2 nitrogen and oxygen atoms in total. The number of hydrogen-bond donors (Lipinski definition) is 1. The van der Waals surface area contributed by atoms with Crippen LogP contribution in [0.5, 0.6) is 5.75 Å². The number of rotatable bonds is 5. The molecule has 0 amide bonds. The normalized spacial score (nSPS) is 26.3. The van der Waals surface area contributed by atoms with Crippen molar-refractivity contribution >= 4 is 5.69 Å². The Labute approximate surface area is 122 Å². The lowest BCUT2D eigenvalue weighted by Crippen LogP contribution is -2.28. The Kier molecular flexibility index (Phi) is 4.18. The lowest BCUT2D eigenvalue weighted by atomic mass is 9.82. The summed E-state index contributed by atoms with van der Waals surface area (Å²) in [4.78, 5) is 0. The van der Waals surface area contributed by atoms with Crippen LogP contribution in [0, 0.1) is 18.8 Å². The minimum atomic E-state index is 0.635. The van der Waals surface area contributed by atoms with Gasteiger partial charge < -0.3 is 10.1 Å². The Morgan fingerprint density at radius 2 is 2.00 bits per heavy atom. The SMILES string of the molecule is CCOc1cc(C)ccc1NC1CCCC(C2CC2)C1. The van der Waals surface area contributed by atoms with E-state index in [1.54, 1.807) is 0 Å². The van der Waals surface area contributed by atoms with Crippen LogP contribution < -0.4 is 10.1 Å². The van der Waals surface area contributed by atoms with E-state index in [4.69, 9.17) is 4.74 Å². The first-order valence-electron chi connectivity index (χ1n) is 8.26. The molecule has 2 saturated carbocycles. The van der Waals surface area contributed by atoms with Crippen LogP contribution in [0.25, 0.3) is 0 Å². The first-order chi connectivity index (χ1) is 9.76. The minimum Gasteiger partial charge on any atom is -0.492 e. The highest BCUT2D eigenvalue weighted by molar-refractivity contribution is 5.58. The van der Waals surface area contributed by atoms with E-state index in [-0.39, 0.29) is 0 Å². The molecule has 0 aromatic heterocycles. The second-order valence-corrected chi connectivity index (χ2v) is 6.54. The second-order valence-electron chi connectivity index (χ2n) is 6.54. The van der Waals surface area contributed by atoms with Crippen LogP contribution in [0.1, 0.15) is 51.0 Å². The Morgan fingerprint density at radius 3 is 2.75 bits per heavy atom. The zero-order valence-electron chi connectivity index (χ0n) is 12.8. The van der Waals surface area contributed by atoms with Gasteiger partial charge in [0.15, 0.2) is 0 Å². The second kappa shape index (κ2) is 6.07. The molecule has 2 atom stereocenters. The van der Waals surface area contributed by atoms with E-state index in [9.17, 15) is 0 Å². The largest absolute Gasteiger partial charge is 0.492 e. The highest BCUT2D eigenvalue weighted by atomic mass is 16.5. The van der Waals surface area contributed by atoms with E-state index in [0.717, 1.165) is 24.2 Å². The molecule has 2 aliphatic carbocycles. The third-order valence-corrected chi connectivity index (χ3v) is 4.80. The van der Waals surface area contributed by atoms with E-state index >= 15 is 0 Å². The van der Waals surface area contributed by atoms with Crippen molar-refractivity contribution in [3.63, 3.8) is 0 Å². The summed E-state index contributed by atoms with van der Waals surface area (Å²) in [6, 6.07) is 7.14. The van der Waals surface area contributed by atoms with E-state index in [0.29, 0.717) is 6.04 Å². The first-order valence-corrected chi connectivity index (χ1v) is 8.26. The molecule has 0 bridgehead atoms. The third kappa shape index (κ3) is 3.28. The number of anilines is 1. The lowest BCUT2D eigenvalue weighted by Gasteiger charge is -2.31. The Balaban J connectivity index is 1.66. The maximum atomic E-state index is 5.78.